The van der Waals surface area contributed by atoms with Crippen LogP contribution in [0.4, 0.5) is 5.69 Å². The molecule has 0 bridgehead atoms. The molecular weight excluding hydrogens is 430 g/mol. The standard InChI is InChI=1S/C27H27N3O4/c1-17-14-22(19(3)28-23-13-9-8-12-21(23)27(32)33-4)24-29-25(18(2)26(31)30(24)15-17)34-16-20-10-6-5-7-11-20/h5-15,19,28H,16H2,1-4H3/t19-/m1/s1. The van der Waals surface area contributed by atoms with E-state index in [1.54, 1.807) is 29.7 Å². The van der Waals surface area contributed by atoms with Crippen LogP contribution in [0.15, 0.2) is 71.7 Å². The number of pyridine rings is 1. The first-order chi connectivity index (χ1) is 16.4. The summed E-state index contributed by atoms with van der Waals surface area (Å²) in [6.07, 6.45) is 1.78. The first-order valence-electron chi connectivity index (χ1n) is 11.0. The van der Waals surface area contributed by atoms with Crippen LogP contribution in [0.5, 0.6) is 5.88 Å². The van der Waals surface area contributed by atoms with E-state index in [0.29, 0.717) is 34.9 Å². The maximum atomic E-state index is 13.2. The Bertz CT molecular complexity index is 1400. The predicted molar refractivity (Wildman–Crippen MR) is 132 cm³/mol. The Labute approximate surface area is 198 Å². The second kappa shape index (κ2) is 9.79. The van der Waals surface area contributed by atoms with Crippen molar-refractivity contribution in [2.45, 2.75) is 33.4 Å². The Morgan fingerprint density at radius 1 is 1.09 bits per heavy atom. The summed E-state index contributed by atoms with van der Waals surface area (Å²) < 4.78 is 12.4. The molecule has 0 aliphatic carbocycles. The fourth-order valence-corrected chi connectivity index (χ4v) is 3.87. The van der Waals surface area contributed by atoms with Gasteiger partial charge in [-0.15, -0.1) is 0 Å². The number of aryl methyl sites for hydroxylation is 1. The van der Waals surface area contributed by atoms with Crippen LogP contribution >= 0.6 is 0 Å². The third-order valence-corrected chi connectivity index (χ3v) is 5.66. The molecule has 2 heterocycles. The van der Waals surface area contributed by atoms with Crippen molar-refractivity contribution in [2.24, 2.45) is 0 Å². The summed E-state index contributed by atoms with van der Waals surface area (Å²) >= 11 is 0. The van der Waals surface area contributed by atoms with E-state index < -0.39 is 5.97 Å². The number of para-hydroxylation sites is 1. The minimum absolute atomic E-state index is 0.180. The average molecular weight is 458 g/mol. The van der Waals surface area contributed by atoms with E-state index in [1.165, 1.54) is 7.11 Å². The zero-order chi connectivity index (χ0) is 24.2. The summed E-state index contributed by atoms with van der Waals surface area (Å²) in [7, 11) is 1.35. The first-order valence-corrected chi connectivity index (χ1v) is 11.0. The van der Waals surface area contributed by atoms with E-state index in [1.807, 2.05) is 62.4 Å². The number of nitrogens with zero attached hydrogens (tertiary/aromatic N) is 2. The van der Waals surface area contributed by atoms with Crippen molar-refractivity contribution in [1.82, 2.24) is 9.38 Å². The summed E-state index contributed by atoms with van der Waals surface area (Å²) in [6, 6.07) is 18.6. The molecule has 1 atom stereocenters. The Balaban J connectivity index is 1.74. The smallest absolute Gasteiger partial charge is 0.339 e. The number of methoxy groups -OCH3 is 1. The quantitative estimate of drug-likeness (QED) is 0.400. The largest absolute Gasteiger partial charge is 0.472 e. The zero-order valence-electron chi connectivity index (χ0n) is 19.7. The number of nitrogens with one attached hydrogen (secondary N) is 1. The van der Waals surface area contributed by atoms with Crippen molar-refractivity contribution in [3.8, 4) is 5.88 Å². The molecule has 2 aromatic carbocycles. The number of rotatable bonds is 7. The van der Waals surface area contributed by atoms with Crippen molar-refractivity contribution >= 4 is 17.3 Å². The lowest BCUT2D eigenvalue weighted by Crippen LogP contribution is -2.22. The summed E-state index contributed by atoms with van der Waals surface area (Å²) in [5, 5.41) is 3.38. The van der Waals surface area contributed by atoms with Gasteiger partial charge in [0.1, 0.15) is 12.3 Å². The third kappa shape index (κ3) is 4.64. The molecule has 0 saturated heterocycles. The molecule has 7 heteroatoms. The number of benzene rings is 2. The first kappa shape index (κ1) is 23.0. The van der Waals surface area contributed by atoms with Crippen LogP contribution in [0.25, 0.3) is 5.65 Å². The molecule has 0 fully saturated rings. The number of fused-ring (bicyclic) bond motifs is 1. The predicted octanol–water partition coefficient (Wildman–Crippen LogP) is 4.85. The van der Waals surface area contributed by atoms with Crippen LogP contribution in [0.1, 0.15) is 45.6 Å². The van der Waals surface area contributed by atoms with Crippen molar-refractivity contribution in [2.75, 3.05) is 12.4 Å². The Morgan fingerprint density at radius 3 is 2.53 bits per heavy atom. The fraction of sp³-hybridized carbons (Fsp3) is 0.222. The number of esters is 1. The number of ether oxygens (including phenoxy) is 2. The van der Waals surface area contributed by atoms with Crippen molar-refractivity contribution < 1.29 is 14.3 Å². The second-order valence-electron chi connectivity index (χ2n) is 8.19. The molecular formula is C27H27N3O4. The molecule has 174 valence electrons. The van der Waals surface area contributed by atoms with Gasteiger partial charge in [-0.25, -0.2) is 4.79 Å². The molecule has 0 amide bonds. The molecule has 1 N–H and O–H groups in total. The second-order valence-corrected chi connectivity index (χ2v) is 8.19. The number of aromatic nitrogens is 2. The van der Waals surface area contributed by atoms with Gasteiger partial charge in [-0.1, -0.05) is 42.5 Å². The maximum absolute atomic E-state index is 13.2. The Kier molecular flexibility index (Phi) is 6.63. The summed E-state index contributed by atoms with van der Waals surface area (Å²) in [6.45, 7) is 5.92. The van der Waals surface area contributed by atoms with Gasteiger partial charge in [0.15, 0.2) is 0 Å². The minimum atomic E-state index is -0.425. The van der Waals surface area contributed by atoms with E-state index in [9.17, 15) is 9.59 Å². The van der Waals surface area contributed by atoms with Gasteiger partial charge in [0, 0.05) is 17.4 Å². The highest BCUT2D eigenvalue weighted by molar-refractivity contribution is 5.95. The molecule has 0 saturated carbocycles. The van der Waals surface area contributed by atoms with Crippen LogP contribution in [-0.4, -0.2) is 22.5 Å². The fourth-order valence-electron chi connectivity index (χ4n) is 3.87. The lowest BCUT2D eigenvalue weighted by molar-refractivity contribution is 0.0602. The Morgan fingerprint density at radius 2 is 1.79 bits per heavy atom. The van der Waals surface area contributed by atoms with Gasteiger partial charge >= 0.3 is 5.97 Å². The molecule has 0 spiro atoms. The molecule has 34 heavy (non-hydrogen) atoms. The van der Waals surface area contributed by atoms with E-state index in [-0.39, 0.29) is 11.6 Å². The van der Waals surface area contributed by atoms with Crippen LogP contribution in [0, 0.1) is 13.8 Å². The summed E-state index contributed by atoms with van der Waals surface area (Å²) in [4.78, 5) is 30.1. The molecule has 0 aliphatic heterocycles. The van der Waals surface area contributed by atoms with Gasteiger partial charge in [-0.2, -0.15) is 4.98 Å². The number of hydrogen-bond acceptors (Lipinski definition) is 6. The number of carbonyl (C=O) groups is 1. The lowest BCUT2D eigenvalue weighted by Gasteiger charge is -2.20. The maximum Gasteiger partial charge on any atom is 0.339 e. The van der Waals surface area contributed by atoms with Crippen molar-refractivity contribution in [3.63, 3.8) is 0 Å². The molecule has 4 rings (SSSR count). The van der Waals surface area contributed by atoms with E-state index in [2.05, 4.69) is 5.32 Å². The van der Waals surface area contributed by atoms with Crippen molar-refractivity contribution in [1.29, 1.82) is 0 Å². The highest BCUT2D eigenvalue weighted by Crippen LogP contribution is 2.27. The number of anilines is 1. The molecule has 0 aliphatic rings. The van der Waals surface area contributed by atoms with Crippen LogP contribution in [0.3, 0.4) is 0 Å². The SMILES string of the molecule is COC(=O)c1ccccc1N[C@H](C)c1cc(C)cn2c(=O)c(C)c(OCc3ccccc3)nc12. The molecule has 4 aromatic rings. The summed E-state index contributed by atoms with van der Waals surface area (Å²) in [5.41, 5.74) is 4.54. The van der Waals surface area contributed by atoms with E-state index in [4.69, 9.17) is 14.5 Å². The summed E-state index contributed by atoms with van der Waals surface area (Å²) in [5.74, 6) is -0.118. The topological polar surface area (TPSA) is 81.9 Å². The van der Waals surface area contributed by atoms with E-state index in [0.717, 1.165) is 16.7 Å². The van der Waals surface area contributed by atoms with Crippen LogP contribution in [0.2, 0.25) is 0 Å². The lowest BCUT2D eigenvalue weighted by atomic mass is 10.1. The molecule has 2 aromatic heterocycles. The van der Waals surface area contributed by atoms with Crippen LogP contribution in [-0.2, 0) is 11.3 Å². The number of carbonyl (C=O) groups excluding carboxylic acids is 1. The van der Waals surface area contributed by atoms with Gasteiger partial charge < -0.3 is 14.8 Å². The molecule has 7 nitrogen and oxygen atoms in total. The van der Waals surface area contributed by atoms with Crippen LogP contribution < -0.4 is 15.6 Å². The monoisotopic (exact) mass is 457 g/mol. The van der Waals surface area contributed by atoms with Gasteiger partial charge in [-0.05, 0) is 50.1 Å². The van der Waals surface area contributed by atoms with E-state index >= 15 is 0 Å². The van der Waals surface area contributed by atoms with Gasteiger partial charge in [-0.3, -0.25) is 9.20 Å². The normalized spacial score (nSPS) is 11.8. The molecule has 0 unspecified atom stereocenters. The molecule has 0 radical (unpaired) electrons. The minimum Gasteiger partial charge on any atom is -0.472 e. The van der Waals surface area contributed by atoms with Gasteiger partial charge in [0.05, 0.1) is 24.3 Å². The highest BCUT2D eigenvalue weighted by Gasteiger charge is 2.19. The average Bonchev–Trinajstić information content (AvgIpc) is 2.85. The van der Waals surface area contributed by atoms with Gasteiger partial charge in [0.2, 0.25) is 5.88 Å². The Hall–Kier alpha value is -4.13. The van der Waals surface area contributed by atoms with Gasteiger partial charge in [0.25, 0.3) is 5.56 Å². The zero-order valence-corrected chi connectivity index (χ0v) is 19.7. The number of hydrogen-bond donors (Lipinski definition) is 1. The highest BCUT2D eigenvalue weighted by atomic mass is 16.5. The van der Waals surface area contributed by atoms with Crippen molar-refractivity contribution in [3.05, 3.63) is 105 Å². The third-order valence-electron chi connectivity index (χ3n) is 5.66.